The predicted octanol–water partition coefficient (Wildman–Crippen LogP) is 1.01. The van der Waals surface area contributed by atoms with Crippen LogP contribution in [0.1, 0.15) is 32.6 Å². The van der Waals surface area contributed by atoms with Crippen molar-refractivity contribution in [3.63, 3.8) is 0 Å². The van der Waals surface area contributed by atoms with Crippen molar-refractivity contribution in [2.45, 2.75) is 38.2 Å². The average Bonchev–Trinajstić information content (AvgIpc) is 2.33. The van der Waals surface area contributed by atoms with Gasteiger partial charge in [0, 0.05) is 0 Å². The Kier molecular flexibility index (Phi) is 2.18. The molecule has 3 heteroatoms. The van der Waals surface area contributed by atoms with Gasteiger partial charge in [-0.1, -0.05) is 13.3 Å². The summed E-state index contributed by atoms with van der Waals surface area (Å²) in [4.78, 5) is 10.5. The van der Waals surface area contributed by atoms with Gasteiger partial charge in [0.15, 0.2) is 5.60 Å². The van der Waals surface area contributed by atoms with Crippen molar-refractivity contribution >= 4 is 5.97 Å². The summed E-state index contributed by atoms with van der Waals surface area (Å²) in [7, 11) is 0. The van der Waals surface area contributed by atoms with E-state index in [2.05, 4.69) is 0 Å². The lowest BCUT2D eigenvalue weighted by atomic mass is 9.99. The van der Waals surface area contributed by atoms with E-state index in [0.717, 1.165) is 12.8 Å². The second-order valence-electron chi connectivity index (χ2n) is 3.35. The summed E-state index contributed by atoms with van der Waals surface area (Å²) in [5.41, 5.74) is -1.42. The molecule has 0 amide bonds. The Labute approximate surface area is 66.0 Å². The van der Waals surface area contributed by atoms with Gasteiger partial charge in [-0.3, -0.25) is 0 Å². The summed E-state index contributed by atoms with van der Waals surface area (Å²) in [6, 6.07) is 0. The lowest BCUT2D eigenvalue weighted by molar-refractivity contribution is -0.158. The van der Waals surface area contributed by atoms with Gasteiger partial charge in [0.25, 0.3) is 0 Å². The molecule has 1 aliphatic carbocycles. The number of carbonyl (C=O) groups is 1. The van der Waals surface area contributed by atoms with Gasteiger partial charge in [-0.2, -0.15) is 0 Å². The molecule has 64 valence electrons. The number of carboxylic acid groups (broad SMARTS) is 1. The molecular formula is C8H14O3. The zero-order valence-corrected chi connectivity index (χ0v) is 6.71. The fourth-order valence-corrected chi connectivity index (χ4v) is 1.67. The summed E-state index contributed by atoms with van der Waals surface area (Å²) in [5, 5.41) is 18.1. The molecule has 0 aromatic rings. The molecule has 1 saturated carbocycles. The maximum atomic E-state index is 10.5. The van der Waals surface area contributed by atoms with Crippen LogP contribution in [0.3, 0.4) is 0 Å². The van der Waals surface area contributed by atoms with Gasteiger partial charge in [0.1, 0.15) is 0 Å². The highest BCUT2D eigenvalue weighted by Gasteiger charge is 2.42. The minimum absolute atomic E-state index is 0.399. The van der Waals surface area contributed by atoms with Crippen molar-refractivity contribution in [2.24, 2.45) is 5.92 Å². The highest BCUT2D eigenvalue weighted by molar-refractivity contribution is 5.77. The van der Waals surface area contributed by atoms with Gasteiger partial charge in [0.2, 0.25) is 0 Å². The second-order valence-corrected chi connectivity index (χ2v) is 3.35. The van der Waals surface area contributed by atoms with Crippen LogP contribution in [0.5, 0.6) is 0 Å². The highest BCUT2D eigenvalue weighted by Crippen LogP contribution is 2.36. The Bertz CT molecular complexity index is 167. The third kappa shape index (κ3) is 1.53. The summed E-state index contributed by atoms with van der Waals surface area (Å²) in [6.45, 7) is 2.03. The fourth-order valence-electron chi connectivity index (χ4n) is 1.67. The molecule has 11 heavy (non-hydrogen) atoms. The average molecular weight is 158 g/mol. The van der Waals surface area contributed by atoms with Crippen molar-refractivity contribution in [3.05, 3.63) is 0 Å². The SMILES string of the molecule is CCC1CCC(O)(C(=O)O)C1. The minimum atomic E-state index is -1.42. The van der Waals surface area contributed by atoms with E-state index in [1.54, 1.807) is 0 Å². The number of carboxylic acids is 1. The molecule has 0 aliphatic heterocycles. The quantitative estimate of drug-likeness (QED) is 0.630. The third-order valence-electron chi connectivity index (χ3n) is 2.57. The summed E-state index contributed by atoms with van der Waals surface area (Å²) >= 11 is 0. The molecule has 2 unspecified atom stereocenters. The molecule has 1 aliphatic rings. The van der Waals surface area contributed by atoms with Crippen LogP contribution >= 0.6 is 0 Å². The maximum Gasteiger partial charge on any atom is 0.335 e. The lowest BCUT2D eigenvalue weighted by Gasteiger charge is -2.15. The van der Waals surface area contributed by atoms with Crippen molar-refractivity contribution in [2.75, 3.05) is 0 Å². The van der Waals surface area contributed by atoms with Crippen LogP contribution in [-0.2, 0) is 4.79 Å². The van der Waals surface area contributed by atoms with Gasteiger partial charge < -0.3 is 10.2 Å². The monoisotopic (exact) mass is 158 g/mol. The van der Waals surface area contributed by atoms with E-state index < -0.39 is 11.6 Å². The van der Waals surface area contributed by atoms with E-state index in [4.69, 9.17) is 5.11 Å². The van der Waals surface area contributed by atoms with E-state index in [9.17, 15) is 9.90 Å². The van der Waals surface area contributed by atoms with Crippen molar-refractivity contribution in [1.82, 2.24) is 0 Å². The number of hydrogen-bond donors (Lipinski definition) is 2. The van der Waals surface area contributed by atoms with Crippen LogP contribution < -0.4 is 0 Å². The molecule has 0 saturated heterocycles. The summed E-state index contributed by atoms with van der Waals surface area (Å²) in [5.74, 6) is -0.662. The topological polar surface area (TPSA) is 57.5 Å². The first-order chi connectivity index (χ1) is 5.08. The van der Waals surface area contributed by atoms with Crippen LogP contribution in [0.2, 0.25) is 0 Å². The normalized spacial score (nSPS) is 37.5. The number of rotatable bonds is 2. The van der Waals surface area contributed by atoms with Crippen LogP contribution in [0.15, 0.2) is 0 Å². The van der Waals surface area contributed by atoms with E-state index in [1.807, 2.05) is 6.92 Å². The first-order valence-electron chi connectivity index (χ1n) is 4.04. The zero-order valence-electron chi connectivity index (χ0n) is 6.71. The molecule has 2 atom stereocenters. The van der Waals surface area contributed by atoms with Crippen molar-refractivity contribution < 1.29 is 15.0 Å². The van der Waals surface area contributed by atoms with Crippen LogP contribution in [-0.4, -0.2) is 21.8 Å². The van der Waals surface area contributed by atoms with Crippen LogP contribution in [0, 0.1) is 5.92 Å². The van der Waals surface area contributed by atoms with Gasteiger partial charge in [-0.25, -0.2) is 4.79 Å². The van der Waals surface area contributed by atoms with Gasteiger partial charge in [0.05, 0.1) is 0 Å². The smallest absolute Gasteiger partial charge is 0.335 e. The molecule has 0 aromatic carbocycles. The number of aliphatic hydroxyl groups is 1. The first-order valence-corrected chi connectivity index (χ1v) is 4.04. The van der Waals surface area contributed by atoms with E-state index >= 15 is 0 Å². The number of hydrogen-bond acceptors (Lipinski definition) is 2. The standard InChI is InChI=1S/C8H14O3/c1-2-6-3-4-8(11,5-6)7(9)10/h6,11H,2-5H2,1H3,(H,9,10). The molecular weight excluding hydrogens is 144 g/mol. The Morgan fingerprint density at radius 1 is 1.73 bits per heavy atom. The first kappa shape index (κ1) is 8.53. The molecule has 0 bridgehead atoms. The summed E-state index contributed by atoms with van der Waals surface area (Å²) < 4.78 is 0. The zero-order chi connectivity index (χ0) is 8.48. The molecule has 3 nitrogen and oxygen atoms in total. The molecule has 0 heterocycles. The Morgan fingerprint density at radius 2 is 2.36 bits per heavy atom. The van der Waals surface area contributed by atoms with E-state index in [-0.39, 0.29) is 0 Å². The van der Waals surface area contributed by atoms with Gasteiger partial charge in [-0.15, -0.1) is 0 Å². The summed E-state index contributed by atoms with van der Waals surface area (Å²) in [6.07, 6.45) is 2.66. The maximum absolute atomic E-state index is 10.5. The Balaban J connectivity index is 2.57. The lowest BCUT2D eigenvalue weighted by Crippen LogP contribution is -2.35. The van der Waals surface area contributed by atoms with Crippen LogP contribution in [0.4, 0.5) is 0 Å². The molecule has 1 fully saturated rings. The van der Waals surface area contributed by atoms with E-state index in [1.165, 1.54) is 0 Å². The highest BCUT2D eigenvalue weighted by atomic mass is 16.4. The molecule has 1 rings (SSSR count). The molecule has 0 radical (unpaired) electrons. The predicted molar refractivity (Wildman–Crippen MR) is 40.2 cm³/mol. The second kappa shape index (κ2) is 2.81. The fraction of sp³-hybridized carbons (Fsp3) is 0.875. The van der Waals surface area contributed by atoms with Gasteiger partial charge >= 0.3 is 5.97 Å². The Hall–Kier alpha value is -0.570. The minimum Gasteiger partial charge on any atom is -0.479 e. The van der Waals surface area contributed by atoms with Crippen LogP contribution in [0.25, 0.3) is 0 Å². The molecule has 2 N–H and O–H groups in total. The molecule has 0 spiro atoms. The Morgan fingerprint density at radius 3 is 2.64 bits per heavy atom. The van der Waals surface area contributed by atoms with Crippen molar-refractivity contribution in [1.29, 1.82) is 0 Å². The molecule has 0 aromatic heterocycles. The van der Waals surface area contributed by atoms with E-state index in [0.29, 0.717) is 18.8 Å². The van der Waals surface area contributed by atoms with Gasteiger partial charge in [-0.05, 0) is 25.2 Å². The number of aliphatic carboxylic acids is 1. The van der Waals surface area contributed by atoms with Crippen molar-refractivity contribution in [3.8, 4) is 0 Å². The largest absolute Gasteiger partial charge is 0.479 e. The third-order valence-corrected chi connectivity index (χ3v) is 2.57.